The molecule has 1 heterocycles. The molecule has 0 amide bonds. The van der Waals surface area contributed by atoms with Crippen LogP contribution in [0, 0.1) is 0 Å². The number of likely N-dealkylation sites (tertiary alicyclic amines) is 1. The molecule has 72 valence electrons. The number of aliphatic hydroxyl groups excluding tert-OH is 1. The normalized spacial score (nSPS) is 35.0. The highest BCUT2D eigenvalue weighted by molar-refractivity contribution is 4.83. The number of piperidine rings is 1. The summed E-state index contributed by atoms with van der Waals surface area (Å²) in [5.41, 5.74) is -0.548. The van der Waals surface area contributed by atoms with Crippen LogP contribution >= 0.6 is 0 Å². The first-order valence-electron chi connectivity index (χ1n) is 4.62. The van der Waals surface area contributed by atoms with Gasteiger partial charge < -0.3 is 10.2 Å². The lowest BCUT2D eigenvalue weighted by molar-refractivity contribution is -0.0260. The Balaban J connectivity index is 2.36. The lowest BCUT2D eigenvalue weighted by Gasteiger charge is -2.37. The predicted molar refractivity (Wildman–Crippen MR) is 48.0 cm³/mol. The van der Waals surface area contributed by atoms with Gasteiger partial charge in [-0.3, -0.25) is 4.90 Å². The molecule has 1 rings (SSSR count). The summed E-state index contributed by atoms with van der Waals surface area (Å²) < 4.78 is 0. The lowest BCUT2D eigenvalue weighted by Crippen LogP contribution is -2.48. The van der Waals surface area contributed by atoms with Crippen molar-refractivity contribution in [1.82, 2.24) is 4.90 Å². The molecule has 3 nitrogen and oxygen atoms in total. The van der Waals surface area contributed by atoms with Crippen LogP contribution in [-0.2, 0) is 0 Å². The third-order valence-corrected chi connectivity index (χ3v) is 2.28. The average Bonchev–Trinajstić information content (AvgIpc) is 1.82. The van der Waals surface area contributed by atoms with Gasteiger partial charge in [-0.05, 0) is 33.2 Å². The summed E-state index contributed by atoms with van der Waals surface area (Å²) in [6, 6.07) is 0. The fourth-order valence-corrected chi connectivity index (χ4v) is 1.85. The first kappa shape index (κ1) is 9.96. The maximum Gasteiger partial charge on any atom is 0.0746 e. The zero-order chi connectivity index (χ0) is 9.19. The van der Waals surface area contributed by atoms with Crippen molar-refractivity contribution in [3.63, 3.8) is 0 Å². The van der Waals surface area contributed by atoms with E-state index in [0.717, 1.165) is 19.4 Å². The molecule has 12 heavy (non-hydrogen) atoms. The van der Waals surface area contributed by atoms with Gasteiger partial charge in [0.15, 0.2) is 0 Å². The Morgan fingerprint density at radius 1 is 1.58 bits per heavy atom. The summed E-state index contributed by atoms with van der Waals surface area (Å²) in [5, 5.41) is 18.9. The van der Waals surface area contributed by atoms with Crippen LogP contribution in [0.1, 0.15) is 26.7 Å². The van der Waals surface area contributed by atoms with E-state index in [0.29, 0.717) is 13.1 Å². The molecule has 0 aromatic rings. The van der Waals surface area contributed by atoms with Crippen LogP contribution in [0.2, 0.25) is 0 Å². The van der Waals surface area contributed by atoms with E-state index in [9.17, 15) is 5.11 Å². The molecule has 0 aliphatic carbocycles. The van der Waals surface area contributed by atoms with E-state index in [1.165, 1.54) is 0 Å². The van der Waals surface area contributed by atoms with Crippen molar-refractivity contribution >= 4 is 0 Å². The molecule has 2 N–H and O–H groups in total. The predicted octanol–water partition coefficient (Wildman–Crippen LogP) is 0.214. The Hall–Kier alpha value is -0.120. The number of nitrogens with zero attached hydrogens (tertiary/aromatic N) is 1. The minimum Gasteiger partial charge on any atom is -0.392 e. The Morgan fingerprint density at radius 3 is 2.75 bits per heavy atom. The molecular weight excluding hydrogens is 154 g/mol. The third-order valence-electron chi connectivity index (χ3n) is 2.28. The van der Waals surface area contributed by atoms with Gasteiger partial charge in [-0.15, -0.1) is 0 Å². The number of hydrogen-bond donors (Lipinski definition) is 2. The van der Waals surface area contributed by atoms with Crippen molar-refractivity contribution in [3.05, 3.63) is 0 Å². The summed E-state index contributed by atoms with van der Waals surface area (Å²) in [6.07, 6.45) is 1.61. The number of hydrogen-bond acceptors (Lipinski definition) is 3. The highest BCUT2D eigenvalue weighted by Crippen LogP contribution is 2.19. The van der Waals surface area contributed by atoms with Crippen LogP contribution in [0.15, 0.2) is 0 Å². The molecule has 0 spiro atoms. The zero-order valence-electron chi connectivity index (χ0n) is 7.95. The first-order chi connectivity index (χ1) is 5.49. The molecular formula is C9H19NO2. The molecule has 1 fully saturated rings. The molecule has 3 heteroatoms. The Morgan fingerprint density at radius 2 is 2.25 bits per heavy atom. The molecule has 0 aromatic carbocycles. The quantitative estimate of drug-likeness (QED) is 0.627. The first-order valence-corrected chi connectivity index (χ1v) is 4.62. The number of aliphatic hydroxyl groups is 2. The van der Waals surface area contributed by atoms with Gasteiger partial charge in [-0.25, -0.2) is 0 Å². The van der Waals surface area contributed by atoms with Crippen molar-refractivity contribution in [2.45, 2.75) is 38.4 Å². The minimum atomic E-state index is -0.548. The number of β-amino-alcohol motifs (C(OH)–C–C–N with tert-alkyl or cyclic N) is 2. The Bertz CT molecular complexity index is 145. The van der Waals surface area contributed by atoms with Gasteiger partial charge in [0, 0.05) is 13.1 Å². The molecule has 1 unspecified atom stereocenters. The third kappa shape index (κ3) is 3.09. The highest BCUT2D eigenvalue weighted by Gasteiger charge is 2.28. The summed E-state index contributed by atoms with van der Waals surface area (Å²) in [4.78, 5) is 2.12. The van der Waals surface area contributed by atoms with Crippen LogP contribution < -0.4 is 0 Å². The summed E-state index contributed by atoms with van der Waals surface area (Å²) >= 11 is 0. The van der Waals surface area contributed by atoms with Crippen LogP contribution in [-0.4, -0.2) is 46.5 Å². The van der Waals surface area contributed by atoms with Crippen LogP contribution in [0.3, 0.4) is 0 Å². The van der Waals surface area contributed by atoms with Gasteiger partial charge in [-0.1, -0.05) is 0 Å². The van der Waals surface area contributed by atoms with Crippen molar-refractivity contribution in [2.75, 3.05) is 19.6 Å². The lowest BCUT2D eigenvalue weighted by atomic mass is 9.95. The fraction of sp³-hybridized carbons (Fsp3) is 1.00. The van der Waals surface area contributed by atoms with E-state index in [4.69, 9.17) is 5.11 Å². The zero-order valence-corrected chi connectivity index (χ0v) is 7.95. The van der Waals surface area contributed by atoms with Crippen LogP contribution in [0.4, 0.5) is 0 Å². The summed E-state index contributed by atoms with van der Waals surface area (Å²) in [7, 11) is 0. The maximum absolute atomic E-state index is 9.73. The van der Waals surface area contributed by atoms with E-state index >= 15 is 0 Å². The topological polar surface area (TPSA) is 43.7 Å². The van der Waals surface area contributed by atoms with Crippen molar-refractivity contribution in [2.24, 2.45) is 0 Å². The van der Waals surface area contributed by atoms with Crippen molar-refractivity contribution < 1.29 is 10.2 Å². The second-order valence-electron chi connectivity index (χ2n) is 4.18. The van der Waals surface area contributed by atoms with Gasteiger partial charge >= 0.3 is 0 Å². The molecule has 0 saturated carbocycles. The largest absolute Gasteiger partial charge is 0.392 e. The van der Waals surface area contributed by atoms with Gasteiger partial charge in [0.1, 0.15) is 0 Å². The van der Waals surface area contributed by atoms with E-state index in [2.05, 4.69) is 4.90 Å². The van der Waals surface area contributed by atoms with E-state index in [1.807, 2.05) is 6.92 Å². The number of rotatable bonds is 2. The molecule has 1 aliphatic heterocycles. The maximum atomic E-state index is 9.73. The van der Waals surface area contributed by atoms with Gasteiger partial charge in [0.2, 0.25) is 0 Å². The van der Waals surface area contributed by atoms with E-state index < -0.39 is 5.60 Å². The molecule has 1 aliphatic rings. The second-order valence-corrected chi connectivity index (χ2v) is 4.18. The van der Waals surface area contributed by atoms with Gasteiger partial charge in [0.05, 0.1) is 11.7 Å². The summed E-state index contributed by atoms with van der Waals surface area (Å²) in [5.74, 6) is 0. The molecule has 1 saturated heterocycles. The van der Waals surface area contributed by atoms with Gasteiger partial charge in [-0.2, -0.15) is 0 Å². The second kappa shape index (κ2) is 3.73. The van der Waals surface area contributed by atoms with E-state index in [-0.39, 0.29) is 6.10 Å². The monoisotopic (exact) mass is 173 g/mol. The van der Waals surface area contributed by atoms with Gasteiger partial charge in [0.25, 0.3) is 0 Å². The molecule has 0 radical (unpaired) electrons. The van der Waals surface area contributed by atoms with Crippen molar-refractivity contribution in [1.29, 1.82) is 0 Å². The standard InChI is InChI=1S/C9H19NO2/c1-8(11)6-10-5-3-4-9(2,12)7-10/h8,11-12H,3-7H2,1-2H3/t8-,9?/m1/s1. The molecule has 0 aromatic heterocycles. The molecule has 2 atom stereocenters. The molecule has 0 bridgehead atoms. The van der Waals surface area contributed by atoms with Crippen molar-refractivity contribution in [3.8, 4) is 0 Å². The fourth-order valence-electron chi connectivity index (χ4n) is 1.85. The SMILES string of the molecule is C[C@@H](O)CN1CCCC(C)(O)C1. The highest BCUT2D eigenvalue weighted by atomic mass is 16.3. The minimum absolute atomic E-state index is 0.293. The van der Waals surface area contributed by atoms with Crippen LogP contribution in [0.5, 0.6) is 0 Å². The smallest absolute Gasteiger partial charge is 0.0746 e. The van der Waals surface area contributed by atoms with Crippen LogP contribution in [0.25, 0.3) is 0 Å². The average molecular weight is 173 g/mol. The van der Waals surface area contributed by atoms with E-state index in [1.54, 1.807) is 6.92 Å². The Labute approximate surface area is 74.0 Å². The Kier molecular flexibility index (Phi) is 3.09. The summed E-state index contributed by atoms with van der Waals surface area (Å²) in [6.45, 7) is 6.01.